The lowest BCUT2D eigenvalue weighted by Gasteiger charge is -2.30. The first-order valence-electron chi connectivity index (χ1n) is 5.89. The maximum absolute atomic E-state index is 10.6. The van der Waals surface area contributed by atoms with Gasteiger partial charge in [0.2, 0.25) is 0 Å². The maximum Gasteiger partial charge on any atom is 0.490 e. The zero-order valence-electron chi connectivity index (χ0n) is 11.5. The summed E-state index contributed by atoms with van der Waals surface area (Å²) >= 11 is 0. The van der Waals surface area contributed by atoms with Crippen molar-refractivity contribution in [1.82, 2.24) is 5.32 Å². The summed E-state index contributed by atoms with van der Waals surface area (Å²) in [6.07, 6.45) is -8.58. The van der Waals surface area contributed by atoms with Gasteiger partial charge in [-0.1, -0.05) is 0 Å². The van der Waals surface area contributed by atoms with Crippen molar-refractivity contribution < 1.29 is 51.3 Å². The highest BCUT2D eigenvalue weighted by atomic mass is 19.4. The molecule has 138 valence electrons. The molecule has 23 heavy (non-hydrogen) atoms. The Morgan fingerprint density at radius 3 is 1.35 bits per heavy atom. The van der Waals surface area contributed by atoms with Gasteiger partial charge < -0.3 is 26.4 Å². The molecule has 0 radical (unpaired) electrons. The van der Waals surface area contributed by atoms with Crippen molar-refractivity contribution in [2.75, 3.05) is 19.6 Å². The number of nitrogens with one attached hydrogen (secondary N) is 1. The predicted octanol–water partition coefficient (Wildman–Crippen LogP) is 0.326. The highest BCUT2D eigenvalue weighted by Crippen LogP contribution is 2.15. The number of alkyl halides is 6. The average Bonchev–Trinajstić information content (AvgIpc) is 2.39. The summed E-state index contributed by atoms with van der Waals surface area (Å²) in [5.41, 5.74) is 4.80. The van der Waals surface area contributed by atoms with Crippen LogP contribution >= 0.6 is 0 Å². The zero-order chi connectivity index (χ0) is 18.9. The van der Waals surface area contributed by atoms with E-state index in [4.69, 9.17) is 25.5 Å². The van der Waals surface area contributed by atoms with Crippen LogP contribution in [0.25, 0.3) is 0 Å². The summed E-state index contributed by atoms with van der Waals surface area (Å²) < 4.78 is 63.5. The monoisotopic (exact) mass is 358 g/mol. The second kappa shape index (κ2) is 9.52. The minimum atomic E-state index is -5.08. The number of aliphatic hydroxyl groups is 1. The summed E-state index contributed by atoms with van der Waals surface area (Å²) in [6, 6.07) is 0. The van der Waals surface area contributed by atoms with Gasteiger partial charge in [-0.2, -0.15) is 26.3 Å². The highest BCUT2D eigenvalue weighted by Gasteiger charge is 2.38. The van der Waals surface area contributed by atoms with E-state index in [1.54, 1.807) is 0 Å². The molecule has 1 aliphatic heterocycles. The van der Waals surface area contributed by atoms with Crippen LogP contribution in [0.5, 0.6) is 0 Å². The molecule has 0 amide bonds. The van der Waals surface area contributed by atoms with E-state index in [-0.39, 0.29) is 0 Å². The van der Waals surface area contributed by atoms with Crippen LogP contribution in [0.3, 0.4) is 0 Å². The topological polar surface area (TPSA) is 133 Å². The Bertz CT molecular complexity index is 355. The lowest BCUT2D eigenvalue weighted by molar-refractivity contribution is -0.193. The third kappa shape index (κ3) is 12.6. The van der Waals surface area contributed by atoms with Crippen LogP contribution in [-0.2, 0) is 9.59 Å². The Morgan fingerprint density at radius 1 is 0.957 bits per heavy atom. The van der Waals surface area contributed by atoms with Crippen molar-refractivity contribution in [1.29, 1.82) is 0 Å². The molecule has 0 aromatic carbocycles. The Balaban J connectivity index is 0. The van der Waals surface area contributed by atoms with E-state index < -0.39 is 29.9 Å². The largest absolute Gasteiger partial charge is 0.490 e. The lowest BCUT2D eigenvalue weighted by atomic mass is 9.93. The Morgan fingerprint density at radius 2 is 1.22 bits per heavy atom. The van der Waals surface area contributed by atoms with Crippen molar-refractivity contribution in [3.05, 3.63) is 0 Å². The van der Waals surface area contributed by atoms with Crippen LogP contribution in [0.2, 0.25) is 0 Å². The summed E-state index contributed by atoms with van der Waals surface area (Å²) in [5.74, 6) is -5.51. The molecular weight excluding hydrogens is 342 g/mol. The molecule has 0 aromatic rings. The van der Waals surface area contributed by atoms with Crippen molar-refractivity contribution in [2.24, 2.45) is 5.73 Å². The van der Waals surface area contributed by atoms with E-state index in [0.29, 0.717) is 6.54 Å². The molecule has 0 bridgehead atoms. The fourth-order valence-corrected chi connectivity index (χ4v) is 1.10. The quantitative estimate of drug-likeness (QED) is 0.427. The summed E-state index contributed by atoms with van der Waals surface area (Å²) in [6.45, 7) is 2.19. The molecule has 1 fully saturated rings. The molecule has 1 aliphatic rings. The Labute approximate surface area is 126 Å². The molecule has 0 atom stereocenters. The molecule has 1 rings (SSSR count). The molecule has 13 heteroatoms. The van der Waals surface area contributed by atoms with Crippen LogP contribution in [0.1, 0.15) is 12.8 Å². The van der Waals surface area contributed by atoms with Gasteiger partial charge in [0.15, 0.2) is 0 Å². The molecule has 0 spiro atoms. The van der Waals surface area contributed by atoms with Gasteiger partial charge in [-0.05, 0) is 25.9 Å². The van der Waals surface area contributed by atoms with Crippen molar-refractivity contribution in [3.8, 4) is 0 Å². The average molecular weight is 358 g/mol. The fourth-order valence-electron chi connectivity index (χ4n) is 1.10. The van der Waals surface area contributed by atoms with Crippen LogP contribution in [0, 0.1) is 0 Å². The van der Waals surface area contributed by atoms with Gasteiger partial charge in [-0.3, -0.25) is 0 Å². The van der Waals surface area contributed by atoms with E-state index in [2.05, 4.69) is 5.32 Å². The second-order valence-corrected chi connectivity index (χ2v) is 4.28. The number of carboxylic acids is 2. The van der Waals surface area contributed by atoms with E-state index in [1.165, 1.54) is 0 Å². The first-order chi connectivity index (χ1) is 10.2. The number of hydrogen-bond donors (Lipinski definition) is 5. The van der Waals surface area contributed by atoms with Crippen LogP contribution in [0.15, 0.2) is 0 Å². The van der Waals surface area contributed by atoms with Crippen LogP contribution in [-0.4, -0.2) is 64.8 Å². The van der Waals surface area contributed by atoms with E-state index in [1.807, 2.05) is 0 Å². The lowest BCUT2D eigenvalue weighted by Crippen LogP contribution is -2.46. The van der Waals surface area contributed by atoms with Crippen molar-refractivity contribution in [2.45, 2.75) is 30.8 Å². The minimum Gasteiger partial charge on any atom is -0.475 e. The Kier molecular flexibility index (Phi) is 9.79. The van der Waals surface area contributed by atoms with E-state index >= 15 is 0 Å². The second-order valence-electron chi connectivity index (χ2n) is 4.28. The van der Waals surface area contributed by atoms with Crippen molar-refractivity contribution in [3.63, 3.8) is 0 Å². The van der Waals surface area contributed by atoms with Crippen LogP contribution < -0.4 is 11.1 Å². The third-order valence-electron chi connectivity index (χ3n) is 2.40. The fraction of sp³-hybridized carbons (Fsp3) is 0.800. The molecule has 7 nitrogen and oxygen atoms in total. The maximum atomic E-state index is 10.6. The molecule has 0 aromatic heterocycles. The number of rotatable bonds is 1. The number of piperidine rings is 1. The minimum absolute atomic E-state index is 0.397. The number of carbonyl (C=O) groups is 2. The third-order valence-corrected chi connectivity index (χ3v) is 2.40. The highest BCUT2D eigenvalue weighted by molar-refractivity contribution is 5.73. The first-order valence-corrected chi connectivity index (χ1v) is 5.89. The standard InChI is InChI=1S/C6H14N2O.2C2HF3O2/c7-5-6(9)1-3-8-4-2-6;2*3-2(4,5)1(6)7/h8-9H,1-5,7H2;2*(H,6,7). The number of nitrogens with two attached hydrogens (primary N) is 1. The molecule has 6 N–H and O–H groups in total. The van der Waals surface area contributed by atoms with Gasteiger partial charge >= 0.3 is 24.3 Å². The first kappa shape index (κ1) is 23.7. The van der Waals surface area contributed by atoms with Gasteiger partial charge in [0.05, 0.1) is 5.60 Å². The molecule has 0 aliphatic carbocycles. The molecule has 0 saturated carbocycles. The molecule has 0 unspecified atom stereocenters. The summed E-state index contributed by atoms with van der Waals surface area (Å²) in [7, 11) is 0. The molecular formula is C10H16F6N2O5. The number of carboxylic acid groups (broad SMARTS) is 2. The van der Waals surface area contributed by atoms with Gasteiger partial charge in [0, 0.05) is 6.54 Å². The van der Waals surface area contributed by atoms with Gasteiger partial charge in [-0.25, -0.2) is 9.59 Å². The van der Waals surface area contributed by atoms with Crippen LogP contribution in [0.4, 0.5) is 26.3 Å². The van der Waals surface area contributed by atoms with E-state index in [9.17, 15) is 31.4 Å². The molecule has 1 heterocycles. The molecule has 1 saturated heterocycles. The SMILES string of the molecule is NCC1(O)CCNCC1.O=C(O)C(F)(F)F.O=C(O)C(F)(F)F. The van der Waals surface area contributed by atoms with Gasteiger partial charge in [-0.15, -0.1) is 0 Å². The van der Waals surface area contributed by atoms with Gasteiger partial charge in [0.25, 0.3) is 0 Å². The van der Waals surface area contributed by atoms with E-state index in [0.717, 1.165) is 25.9 Å². The summed E-state index contributed by atoms with van der Waals surface area (Å²) in [5, 5.41) is 26.9. The van der Waals surface area contributed by atoms with Gasteiger partial charge in [0.1, 0.15) is 0 Å². The van der Waals surface area contributed by atoms with Crippen molar-refractivity contribution >= 4 is 11.9 Å². The number of aliphatic carboxylic acids is 2. The predicted molar refractivity (Wildman–Crippen MR) is 63.5 cm³/mol. The number of halogens is 6. The normalized spacial score (nSPS) is 17.0. The number of hydrogen-bond acceptors (Lipinski definition) is 5. The Hall–Kier alpha value is -1.60. The summed E-state index contributed by atoms with van der Waals surface area (Å²) in [4.78, 5) is 17.8. The smallest absolute Gasteiger partial charge is 0.475 e. The zero-order valence-corrected chi connectivity index (χ0v) is 11.5.